The number of aryl methyl sites for hydroxylation is 1. The summed E-state index contributed by atoms with van der Waals surface area (Å²) < 4.78 is 5.43. The van der Waals surface area contributed by atoms with E-state index in [2.05, 4.69) is 24.3 Å². The van der Waals surface area contributed by atoms with E-state index >= 15 is 0 Å². The molecule has 0 aromatic heterocycles. The van der Waals surface area contributed by atoms with Crippen LogP contribution in [0.1, 0.15) is 36.8 Å². The van der Waals surface area contributed by atoms with Gasteiger partial charge in [-0.05, 0) is 30.4 Å². The summed E-state index contributed by atoms with van der Waals surface area (Å²) in [6.45, 7) is 1.79. The van der Waals surface area contributed by atoms with Crippen LogP contribution in [0.15, 0.2) is 24.3 Å². The Kier molecular flexibility index (Phi) is 3.37. The Labute approximate surface area is 114 Å². The summed E-state index contributed by atoms with van der Waals surface area (Å²) in [7, 11) is 0. The zero-order valence-corrected chi connectivity index (χ0v) is 11.4. The molecule has 0 amide bonds. The largest absolute Gasteiger partial charge is 0.389 e. The monoisotopic (exact) mass is 261 g/mol. The first-order valence-electron chi connectivity index (χ1n) is 7.30. The number of benzene rings is 1. The van der Waals surface area contributed by atoms with E-state index in [0.29, 0.717) is 32.6 Å². The van der Waals surface area contributed by atoms with Crippen molar-refractivity contribution in [2.24, 2.45) is 5.73 Å². The van der Waals surface area contributed by atoms with Gasteiger partial charge in [0, 0.05) is 38.0 Å². The van der Waals surface area contributed by atoms with Crippen LogP contribution in [0.4, 0.5) is 0 Å². The van der Waals surface area contributed by atoms with Gasteiger partial charge in [0.25, 0.3) is 0 Å². The SMILES string of the molecule is NCC1(C2(O)CCOCC2)CCCc2ccccc21. The van der Waals surface area contributed by atoms with Crippen LogP contribution in [-0.4, -0.2) is 30.5 Å². The summed E-state index contributed by atoms with van der Waals surface area (Å²) in [5, 5.41) is 11.2. The lowest BCUT2D eigenvalue weighted by Crippen LogP contribution is -2.59. The van der Waals surface area contributed by atoms with Crippen LogP contribution in [0, 0.1) is 0 Å². The summed E-state index contributed by atoms with van der Waals surface area (Å²) in [6.07, 6.45) is 4.58. The minimum Gasteiger partial charge on any atom is -0.389 e. The van der Waals surface area contributed by atoms with Crippen molar-refractivity contribution in [2.45, 2.75) is 43.1 Å². The maximum atomic E-state index is 11.2. The van der Waals surface area contributed by atoms with Crippen molar-refractivity contribution < 1.29 is 9.84 Å². The molecule has 1 aromatic carbocycles. The van der Waals surface area contributed by atoms with Gasteiger partial charge in [-0.15, -0.1) is 0 Å². The Balaban J connectivity index is 2.09. The maximum absolute atomic E-state index is 11.2. The molecule has 1 unspecified atom stereocenters. The average molecular weight is 261 g/mol. The van der Waals surface area contributed by atoms with E-state index < -0.39 is 5.60 Å². The van der Waals surface area contributed by atoms with E-state index in [0.717, 1.165) is 19.3 Å². The smallest absolute Gasteiger partial charge is 0.0799 e. The molecule has 3 N–H and O–H groups in total. The lowest BCUT2D eigenvalue weighted by molar-refractivity contribution is -0.116. The van der Waals surface area contributed by atoms with Crippen LogP contribution in [0.25, 0.3) is 0 Å². The van der Waals surface area contributed by atoms with Crippen LogP contribution < -0.4 is 5.73 Å². The molecule has 3 heteroatoms. The van der Waals surface area contributed by atoms with Gasteiger partial charge in [-0.3, -0.25) is 0 Å². The molecule has 0 saturated carbocycles. The molecule has 3 rings (SSSR count). The van der Waals surface area contributed by atoms with E-state index in [1.807, 2.05) is 0 Å². The van der Waals surface area contributed by atoms with Gasteiger partial charge in [-0.1, -0.05) is 24.3 Å². The number of nitrogens with two attached hydrogens (primary N) is 1. The molecule has 0 radical (unpaired) electrons. The quantitative estimate of drug-likeness (QED) is 0.853. The second-order valence-corrected chi connectivity index (χ2v) is 5.94. The fourth-order valence-electron chi connectivity index (χ4n) is 3.99. The highest BCUT2D eigenvalue weighted by molar-refractivity contribution is 5.40. The van der Waals surface area contributed by atoms with E-state index in [1.54, 1.807) is 0 Å². The zero-order valence-electron chi connectivity index (χ0n) is 11.4. The summed E-state index contributed by atoms with van der Waals surface area (Å²) in [6, 6.07) is 8.49. The highest BCUT2D eigenvalue weighted by Gasteiger charge is 2.52. The molecule has 2 aliphatic rings. The average Bonchev–Trinajstić information content (AvgIpc) is 2.47. The van der Waals surface area contributed by atoms with Gasteiger partial charge in [-0.25, -0.2) is 0 Å². The summed E-state index contributed by atoms with van der Waals surface area (Å²) in [5.41, 5.74) is 7.80. The molecule has 1 saturated heterocycles. The van der Waals surface area contributed by atoms with Gasteiger partial charge in [-0.2, -0.15) is 0 Å². The Hall–Kier alpha value is -0.900. The fourth-order valence-corrected chi connectivity index (χ4v) is 3.99. The fraction of sp³-hybridized carbons (Fsp3) is 0.625. The van der Waals surface area contributed by atoms with Crippen molar-refractivity contribution in [1.29, 1.82) is 0 Å². The summed E-state index contributed by atoms with van der Waals surface area (Å²) >= 11 is 0. The molecule has 1 aliphatic heterocycles. The molecule has 0 bridgehead atoms. The normalized spacial score (nSPS) is 29.8. The lowest BCUT2D eigenvalue weighted by atomic mass is 9.58. The van der Waals surface area contributed by atoms with Crippen LogP contribution in [0.3, 0.4) is 0 Å². The Morgan fingerprint density at radius 2 is 1.89 bits per heavy atom. The Bertz CT molecular complexity index is 454. The van der Waals surface area contributed by atoms with Crippen molar-refractivity contribution in [3.05, 3.63) is 35.4 Å². The second-order valence-electron chi connectivity index (χ2n) is 5.94. The van der Waals surface area contributed by atoms with Crippen molar-refractivity contribution in [1.82, 2.24) is 0 Å². The molecule has 1 atom stereocenters. The van der Waals surface area contributed by atoms with Gasteiger partial charge in [0.05, 0.1) is 5.60 Å². The van der Waals surface area contributed by atoms with Crippen molar-refractivity contribution in [3.63, 3.8) is 0 Å². The number of rotatable bonds is 2. The maximum Gasteiger partial charge on any atom is 0.0799 e. The minimum absolute atomic E-state index is 0.286. The number of aliphatic hydroxyl groups is 1. The topological polar surface area (TPSA) is 55.5 Å². The van der Waals surface area contributed by atoms with Crippen LogP contribution in [0.5, 0.6) is 0 Å². The Morgan fingerprint density at radius 1 is 1.16 bits per heavy atom. The van der Waals surface area contributed by atoms with Gasteiger partial charge in [0.1, 0.15) is 0 Å². The third kappa shape index (κ3) is 1.92. The van der Waals surface area contributed by atoms with E-state index in [9.17, 15) is 5.11 Å². The van der Waals surface area contributed by atoms with E-state index in [1.165, 1.54) is 11.1 Å². The van der Waals surface area contributed by atoms with Crippen LogP contribution >= 0.6 is 0 Å². The van der Waals surface area contributed by atoms with E-state index in [4.69, 9.17) is 10.5 Å². The summed E-state index contributed by atoms with van der Waals surface area (Å²) in [4.78, 5) is 0. The number of ether oxygens (including phenoxy) is 1. The second kappa shape index (κ2) is 4.89. The summed E-state index contributed by atoms with van der Waals surface area (Å²) in [5.74, 6) is 0. The molecular weight excluding hydrogens is 238 g/mol. The van der Waals surface area contributed by atoms with Gasteiger partial charge in [0.15, 0.2) is 0 Å². The molecule has 0 spiro atoms. The molecule has 1 aromatic rings. The van der Waals surface area contributed by atoms with E-state index in [-0.39, 0.29) is 5.41 Å². The lowest BCUT2D eigenvalue weighted by Gasteiger charge is -2.51. The Morgan fingerprint density at radius 3 is 2.63 bits per heavy atom. The molecule has 19 heavy (non-hydrogen) atoms. The van der Waals surface area contributed by atoms with Crippen LogP contribution in [0.2, 0.25) is 0 Å². The van der Waals surface area contributed by atoms with Gasteiger partial charge >= 0.3 is 0 Å². The van der Waals surface area contributed by atoms with Crippen molar-refractivity contribution >= 4 is 0 Å². The highest BCUT2D eigenvalue weighted by Crippen LogP contribution is 2.48. The standard InChI is InChI=1S/C16H23NO2/c17-12-15(16(18)8-10-19-11-9-16)7-3-5-13-4-1-2-6-14(13)15/h1-2,4,6,18H,3,5,7-12,17H2. The minimum atomic E-state index is -0.712. The van der Waals surface area contributed by atoms with Crippen molar-refractivity contribution in [3.8, 4) is 0 Å². The predicted molar refractivity (Wildman–Crippen MR) is 75.1 cm³/mol. The van der Waals surface area contributed by atoms with Crippen LogP contribution in [-0.2, 0) is 16.6 Å². The van der Waals surface area contributed by atoms with Gasteiger partial charge in [0.2, 0.25) is 0 Å². The highest BCUT2D eigenvalue weighted by atomic mass is 16.5. The molecule has 104 valence electrons. The number of hydrogen-bond donors (Lipinski definition) is 2. The predicted octanol–water partition coefficient (Wildman–Crippen LogP) is 1.76. The third-order valence-electron chi connectivity index (χ3n) is 5.14. The molecular formula is C16H23NO2. The first-order chi connectivity index (χ1) is 9.22. The third-order valence-corrected chi connectivity index (χ3v) is 5.14. The molecule has 1 aliphatic carbocycles. The number of hydrogen-bond acceptors (Lipinski definition) is 3. The van der Waals surface area contributed by atoms with Gasteiger partial charge < -0.3 is 15.6 Å². The first-order valence-corrected chi connectivity index (χ1v) is 7.30. The number of fused-ring (bicyclic) bond motifs is 1. The molecule has 1 heterocycles. The van der Waals surface area contributed by atoms with Crippen molar-refractivity contribution in [2.75, 3.05) is 19.8 Å². The molecule has 1 fully saturated rings. The zero-order chi connectivity index (χ0) is 13.3. The molecule has 3 nitrogen and oxygen atoms in total. The first kappa shape index (κ1) is 13.1.